The van der Waals surface area contributed by atoms with Gasteiger partial charge in [0.1, 0.15) is 4.83 Å². The van der Waals surface area contributed by atoms with Gasteiger partial charge >= 0.3 is 0 Å². The molecule has 1 aliphatic carbocycles. The second-order valence-electron chi connectivity index (χ2n) is 7.16. The van der Waals surface area contributed by atoms with Gasteiger partial charge in [-0.1, -0.05) is 29.8 Å². The lowest BCUT2D eigenvalue weighted by Gasteiger charge is -2.24. The molecule has 1 atom stereocenters. The van der Waals surface area contributed by atoms with E-state index in [0.717, 1.165) is 31.4 Å². The fourth-order valence-corrected chi connectivity index (χ4v) is 4.71. The predicted octanol–water partition coefficient (Wildman–Crippen LogP) is 4.98. The second-order valence-corrected chi connectivity index (χ2v) is 8.60. The Kier molecular flexibility index (Phi) is 4.53. The smallest absolute Gasteiger partial charge is 0.264 e. The van der Waals surface area contributed by atoms with Crippen LogP contribution in [0.15, 0.2) is 30.3 Å². The molecule has 2 heterocycles. The SMILES string of the molecule is Cc1nn(Cc2ccccc2Cl)c2sc(C(=O)N(C)C(C)C3CC3)cc12. The third-order valence-corrected chi connectivity index (χ3v) is 6.84. The summed E-state index contributed by atoms with van der Waals surface area (Å²) >= 11 is 7.82. The molecule has 26 heavy (non-hydrogen) atoms. The van der Waals surface area contributed by atoms with E-state index in [1.54, 1.807) is 0 Å². The summed E-state index contributed by atoms with van der Waals surface area (Å²) < 4.78 is 1.96. The normalized spacial score (nSPS) is 15.4. The highest BCUT2D eigenvalue weighted by atomic mass is 35.5. The van der Waals surface area contributed by atoms with Crippen LogP contribution in [0, 0.1) is 12.8 Å². The van der Waals surface area contributed by atoms with Crippen molar-refractivity contribution in [1.29, 1.82) is 0 Å². The van der Waals surface area contributed by atoms with Crippen LogP contribution in [0.25, 0.3) is 10.2 Å². The van der Waals surface area contributed by atoms with Crippen molar-refractivity contribution in [3.8, 4) is 0 Å². The minimum atomic E-state index is 0.106. The first kappa shape index (κ1) is 17.6. The van der Waals surface area contributed by atoms with Crippen molar-refractivity contribution < 1.29 is 4.79 Å². The average Bonchev–Trinajstić information content (AvgIpc) is 3.32. The summed E-state index contributed by atoms with van der Waals surface area (Å²) in [5, 5.41) is 6.44. The van der Waals surface area contributed by atoms with Gasteiger partial charge in [-0.15, -0.1) is 11.3 Å². The molecule has 0 radical (unpaired) electrons. The second kappa shape index (κ2) is 6.71. The highest BCUT2D eigenvalue weighted by molar-refractivity contribution is 7.20. The van der Waals surface area contributed by atoms with Crippen molar-refractivity contribution in [3.05, 3.63) is 51.5 Å². The van der Waals surface area contributed by atoms with E-state index in [-0.39, 0.29) is 5.91 Å². The lowest BCUT2D eigenvalue weighted by Crippen LogP contribution is -2.35. The average molecular weight is 388 g/mol. The molecule has 0 spiro atoms. The first-order chi connectivity index (χ1) is 12.5. The maximum atomic E-state index is 12.9. The van der Waals surface area contributed by atoms with Crippen LogP contribution in [0.3, 0.4) is 0 Å². The van der Waals surface area contributed by atoms with Gasteiger partial charge in [0.15, 0.2) is 0 Å². The van der Waals surface area contributed by atoms with Gasteiger partial charge in [0.25, 0.3) is 5.91 Å². The highest BCUT2D eigenvalue weighted by Crippen LogP contribution is 2.36. The molecule has 0 saturated heterocycles. The van der Waals surface area contributed by atoms with Gasteiger partial charge in [-0.05, 0) is 50.3 Å². The maximum absolute atomic E-state index is 12.9. The molecule has 4 nitrogen and oxygen atoms in total. The lowest BCUT2D eigenvalue weighted by atomic mass is 10.2. The van der Waals surface area contributed by atoms with Crippen LogP contribution >= 0.6 is 22.9 Å². The third-order valence-electron chi connectivity index (χ3n) is 5.33. The van der Waals surface area contributed by atoms with Crippen LogP contribution in [-0.2, 0) is 6.54 Å². The van der Waals surface area contributed by atoms with Gasteiger partial charge in [0.2, 0.25) is 0 Å². The molecule has 3 aromatic rings. The number of rotatable bonds is 5. The van der Waals surface area contributed by atoms with E-state index in [4.69, 9.17) is 11.6 Å². The van der Waals surface area contributed by atoms with E-state index in [1.807, 2.05) is 53.9 Å². The molecular weight excluding hydrogens is 366 g/mol. The van der Waals surface area contributed by atoms with Crippen LogP contribution in [0.5, 0.6) is 0 Å². The number of carbonyl (C=O) groups excluding carboxylic acids is 1. The Bertz CT molecular complexity index is 973. The van der Waals surface area contributed by atoms with Gasteiger partial charge < -0.3 is 4.90 Å². The van der Waals surface area contributed by atoms with E-state index in [2.05, 4.69) is 12.0 Å². The number of halogens is 1. The van der Waals surface area contributed by atoms with Crippen molar-refractivity contribution >= 4 is 39.1 Å². The summed E-state index contributed by atoms with van der Waals surface area (Å²) in [6, 6.07) is 10.1. The van der Waals surface area contributed by atoms with Gasteiger partial charge in [0, 0.05) is 23.5 Å². The number of thiophene rings is 1. The van der Waals surface area contributed by atoms with Crippen LogP contribution < -0.4 is 0 Å². The molecule has 1 aromatic carbocycles. The summed E-state index contributed by atoms with van der Waals surface area (Å²) in [5.41, 5.74) is 1.97. The Morgan fingerprint density at radius 2 is 2.15 bits per heavy atom. The number of amides is 1. The van der Waals surface area contributed by atoms with Crippen LogP contribution in [0.1, 0.15) is 40.7 Å². The fraction of sp³-hybridized carbons (Fsp3) is 0.400. The summed E-state index contributed by atoms with van der Waals surface area (Å²) in [6.07, 6.45) is 2.47. The molecule has 1 amide bonds. The molecule has 6 heteroatoms. The summed E-state index contributed by atoms with van der Waals surface area (Å²) in [4.78, 5) is 16.6. The topological polar surface area (TPSA) is 38.1 Å². The molecule has 1 unspecified atom stereocenters. The number of benzene rings is 1. The van der Waals surface area contributed by atoms with Crippen LogP contribution in [0.4, 0.5) is 0 Å². The van der Waals surface area contributed by atoms with Crippen LogP contribution in [-0.4, -0.2) is 33.7 Å². The van der Waals surface area contributed by atoms with Gasteiger partial charge in [-0.3, -0.25) is 9.48 Å². The number of fused-ring (bicyclic) bond motifs is 1. The van der Waals surface area contributed by atoms with E-state index >= 15 is 0 Å². The zero-order chi connectivity index (χ0) is 18.4. The fourth-order valence-electron chi connectivity index (χ4n) is 3.37. The number of aryl methyl sites for hydroxylation is 1. The Morgan fingerprint density at radius 1 is 1.42 bits per heavy atom. The Morgan fingerprint density at radius 3 is 2.85 bits per heavy atom. The van der Waals surface area contributed by atoms with E-state index in [0.29, 0.717) is 18.5 Å². The molecule has 0 aliphatic heterocycles. The Balaban J connectivity index is 1.65. The van der Waals surface area contributed by atoms with E-state index in [9.17, 15) is 4.79 Å². The molecule has 1 saturated carbocycles. The third kappa shape index (κ3) is 3.14. The Hall–Kier alpha value is -1.85. The number of hydrogen-bond acceptors (Lipinski definition) is 3. The number of carbonyl (C=O) groups is 1. The summed E-state index contributed by atoms with van der Waals surface area (Å²) in [6.45, 7) is 4.74. The van der Waals surface area contributed by atoms with Gasteiger partial charge in [-0.25, -0.2) is 0 Å². The van der Waals surface area contributed by atoms with E-state index < -0.39 is 0 Å². The zero-order valence-electron chi connectivity index (χ0n) is 15.2. The van der Waals surface area contributed by atoms with Crippen molar-refractivity contribution in [1.82, 2.24) is 14.7 Å². The Labute approximate surface area is 162 Å². The summed E-state index contributed by atoms with van der Waals surface area (Å²) in [5.74, 6) is 0.769. The number of hydrogen-bond donors (Lipinski definition) is 0. The zero-order valence-corrected chi connectivity index (χ0v) is 16.8. The quantitative estimate of drug-likeness (QED) is 0.619. The highest BCUT2D eigenvalue weighted by Gasteiger charge is 2.33. The van der Waals surface area contributed by atoms with Crippen molar-refractivity contribution in [3.63, 3.8) is 0 Å². The maximum Gasteiger partial charge on any atom is 0.264 e. The van der Waals surface area contributed by atoms with Gasteiger partial charge in [-0.2, -0.15) is 5.10 Å². The van der Waals surface area contributed by atoms with E-state index in [1.165, 1.54) is 24.2 Å². The first-order valence-electron chi connectivity index (χ1n) is 8.93. The van der Waals surface area contributed by atoms with Crippen molar-refractivity contribution in [2.45, 2.75) is 39.3 Å². The molecular formula is C20H22ClN3OS. The monoisotopic (exact) mass is 387 g/mol. The molecule has 136 valence electrons. The molecule has 1 fully saturated rings. The lowest BCUT2D eigenvalue weighted by molar-refractivity contribution is 0.0732. The predicted molar refractivity (Wildman–Crippen MR) is 107 cm³/mol. The van der Waals surface area contributed by atoms with Crippen molar-refractivity contribution in [2.75, 3.05) is 7.05 Å². The molecule has 4 rings (SSSR count). The first-order valence-corrected chi connectivity index (χ1v) is 10.1. The largest absolute Gasteiger partial charge is 0.338 e. The molecule has 0 bridgehead atoms. The molecule has 0 N–H and O–H groups in total. The molecule has 2 aromatic heterocycles. The standard InChI is InChI=1S/C20H22ClN3OS/c1-12-16-10-18(19(25)23(3)13(2)14-8-9-14)26-20(16)24(22-12)11-15-6-4-5-7-17(15)21/h4-7,10,13-14H,8-9,11H2,1-3H3. The number of aromatic nitrogens is 2. The number of nitrogens with zero attached hydrogens (tertiary/aromatic N) is 3. The molecule has 1 aliphatic rings. The minimum Gasteiger partial charge on any atom is -0.338 e. The summed E-state index contributed by atoms with van der Waals surface area (Å²) in [7, 11) is 1.92. The van der Waals surface area contributed by atoms with Crippen LogP contribution in [0.2, 0.25) is 5.02 Å². The van der Waals surface area contributed by atoms with Gasteiger partial charge in [0.05, 0.1) is 17.1 Å². The minimum absolute atomic E-state index is 0.106. The van der Waals surface area contributed by atoms with Crippen molar-refractivity contribution in [2.24, 2.45) is 5.92 Å².